The highest BCUT2D eigenvalue weighted by Crippen LogP contribution is 2.45. The minimum Gasteiger partial charge on any atom is -0.495 e. The van der Waals surface area contributed by atoms with Crippen LogP contribution < -0.4 is 14.8 Å². The van der Waals surface area contributed by atoms with Gasteiger partial charge in [-0.2, -0.15) is 18.3 Å². The summed E-state index contributed by atoms with van der Waals surface area (Å²) in [6.07, 6.45) is 1.37. The predicted octanol–water partition coefficient (Wildman–Crippen LogP) is 5.48. The molecule has 0 unspecified atom stereocenters. The zero-order valence-corrected chi connectivity index (χ0v) is 27.6. The molecule has 2 fully saturated rings. The third kappa shape index (κ3) is 7.16. The monoisotopic (exact) mass is 704 g/mol. The summed E-state index contributed by atoms with van der Waals surface area (Å²) in [4.78, 5) is 46.8. The Morgan fingerprint density at radius 1 is 1.22 bits per heavy atom. The lowest BCUT2D eigenvalue weighted by Gasteiger charge is -2.29. The molecule has 2 aromatic heterocycles. The molecule has 2 aliphatic rings. The summed E-state index contributed by atoms with van der Waals surface area (Å²) >= 11 is 6.59. The van der Waals surface area contributed by atoms with E-state index in [0.717, 1.165) is 29.8 Å². The fourth-order valence-corrected chi connectivity index (χ4v) is 6.26. The number of ether oxygens (including phenoxy) is 2. The predicted molar refractivity (Wildman–Crippen MR) is 174 cm³/mol. The van der Waals surface area contributed by atoms with Crippen LogP contribution in [0.4, 0.5) is 18.0 Å². The van der Waals surface area contributed by atoms with Crippen LogP contribution in [-0.2, 0) is 15.8 Å². The maximum atomic E-state index is 13.8. The highest BCUT2D eigenvalue weighted by Gasteiger charge is 2.61. The molecular weight excluding hydrogens is 669 g/mol. The van der Waals surface area contributed by atoms with Gasteiger partial charge in [0.1, 0.15) is 34.2 Å². The molecule has 1 aliphatic carbocycles. The smallest absolute Gasteiger partial charge is 0.435 e. The second kappa shape index (κ2) is 14.0. The number of carboxylic acid groups (broad SMARTS) is 1. The Hall–Kier alpha value is -4.79. The van der Waals surface area contributed by atoms with E-state index in [1.807, 2.05) is 0 Å². The molecule has 2 N–H and O–H groups in total. The summed E-state index contributed by atoms with van der Waals surface area (Å²) in [5.41, 5.74) is -2.51. The van der Waals surface area contributed by atoms with Crippen molar-refractivity contribution in [2.75, 3.05) is 27.2 Å². The number of methoxy groups -OCH3 is 1. The lowest BCUT2D eigenvalue weighted by molar-refractivity contribution is -0.142. The van der Waals surface area contributed by atoms with Crippen molar-refractivity contribution in [1.29, 1.82) is 0 Å². The number of unbranched alkanes of at least 4 members (excludes halogenated alkanes) is 2. The zero-order valence-electron chi connectivity index (χ0n) is 26.9. The first-order chi connectivity index (χ1) is 23.2. The van der Waals surface area contributed by atoms with Crippen molar-refractivity contribution >= 4 is 40.4 Å². The maximum Gasteiger partial charge on any atom is 0.435 e. The third-order valence-electron chi connectivity index (χ3n) is 8.81. The minimum absolute atomic E-state index is 0.0389. The van der Waals surface area contributed by atoms with E-state index in [0.29, 0.717) is 18.4 Å². The number of aliphatic carboxylic acids is 1. The molecule has 12 nitrogen and oxygen atoms in total. The van der Waals surface area contributed by atoms with E-state index >= 15 is 0 Å². The fraction of sp³-hybridized carbons (Fsp3) is 0.424. The van der Waals surface area contributed by atoms with Gasteiger partial charge < -0.3 is 29.7 Å². The first-order valence-corrected chi connectivity index (χ1v) is 15.9. The van der Waals surface area contributed by atoms with Crippen molar-refractivity contribution < 1.29 is 42.1 Å². The van der Waals surface area contributed by atoms with Crippen LogP contribution in [0.1, 0.15) is 37.8 Å². The van der Waals surface area contributed by atoms with E-state index in [9.17, 15) is 32.7 Å². The number of benzene rings is 1. The molecule has 1 aromatic carbocycles. The number of carbonyl (C=O) groups excluding carboxylic acids is 2. The molecular formula is C33H36ClF3N6O6. The van der Waals surface area contributed by atoms with E-state index in [-0.39, 0.29) is 53.1 Å². The van der Waals surface area contributed by atoms with E-state index in [1.165, 1.54) is 29.1 Å². The zero-order chi connectivity index (χ0) is 35.7. The Morgan fingerprint density at radius 3 is 2.59 bits per heavy atom. The van der Waals surface area contributed by atoms with Gasteiger partial charge in [-0.15, -0.1) is 13.2 Å². The van der Waals surface area contributed by atoms with Gasteiger partial charge >= 0.3 is 18.2 Å². The number of likely N-dealkylation sites (N-methyl/N-ethyl adjacent to an activating group) is 1. The van der Waals surface area contributed by atoms with Gasteiger partial charge in [0, 0.05) is 43.6 Å². The number of allylic oxidation sites excluding steroid dienone is 1. The van der Waals surface area contributed by atoms with E-state index in [2.05, 4.69) is 28.6 Å². The average molecular weight is 705 g/mol. The van der Waals surface area contributed by atoms with Crippen molar-refractivity contribution in [3.8, 4) is 17.3 Å². The van der Waals surface area contributed by atoms with Crippen LogP contribution in [0.5, 0.6) is 11.5 Å². The first kappa shape index (κ1) is 35.5. The molecule has 16 heteroatoms. The molecule has 1 aliphatic heterocycles. The highest BCUT2D eigenvalue weighted by molar-refractivity contribution is 6.36. The van der Waals surface area contributed by atoms with Crippen LogP contribution in [0.25, 0.3) is 16.7 Å². The summed E-state index contributed by atoms with van der Waals surface area (Å²) in [5, 5.41) is 16.6. The maximum absolute atomic E-state index is 13.8. The van der Waals surface area contributed by atoms with Gasteiger partial charge in [0.05, 0.1) is 19.2 Å². The van der Waals surface area contributed by atoms with Crippen LogP contribution in [0.15, 0.2) is 55.8 Å². The number of halogens is 4. The molecule has 3 aromatic rings. The molecule has 5 rings (SSSR count). The molecule has 1 saturated carbocycles. The lowest BCUT2D eigenvalue weighted by atomic mass is 10.1. The topological polar surface area (TPSA) is 139 Å². The minimum atomic E-state index is -4.69. The summed E-state index contributed by atoms with van der Waals surface area (Å²) in [6.45, 7) is 7.68. The molecule has 0 spiro atoms. The van der Waals surface area contributed by atoms with Crippen LogP contribution in [0, 0.1) is 5.92 Å². The van der Waals surface area contributed by atoms with Gasteiger partial charge in [0.25, 0.3) is 0 Å². The van der Waals surface area contributed by atoms with Gasteiger partial charge in [-0.05, 0) is 43.9 Å². The molecule has 49 heavy (non-hydrogen) atoms. The summed E-state index contributed by atoms with van der Waals surface area (Å²) in [5.74, 6) is -1.67. The van der Waals surface area contributed by atoms with E-state index in [4.69, 9.17) is 21.1 Å². The van der Waals surface area contributed by atoms with Crippen LogP contribution in [0.3, 0.4) is 0 Å². The van der Waals surface area contributed by atoms with Gasteiger partial charge in [-0.1, -0.05) is 23.8 Å². The third-order valence-corrected chi connectivity index (χ3v) is 9.17. The summed E-state index contributed by atoms with van der Waals surface area (Å²) < 4.78 is 52.8. The van der Waals surface area contributed by atoms with Crippen molar-refractivity contribution in [2.24, 2.45) is 5.92 Å². The second-order valence-corrected chi connectivity index (χ2v) is 12.4. The van der Waals surface area contributed by atoms with Gasteiger partial charge in [0.15, 0.2) is 11.5 Å². The van der Waals surface area contributed by atoms with Crippen molar-refractivity contribution in [1.82, 2.24) is 29.9 Å². The Bertz CT molecular complexity index is 1780. The Labute approximate surface area is 285 Å². The molecule has 3 amide bonds. The number of alkyl halides is 3. The standard InChI is InChI=1S/C33H36ClF3N6O6/c1-5-7-8-9-13-41(3)29(44)22-15-20(18-42(22)31(47)39-32(30(45)46)17-19(32)6-2)49-24-16-26(43-14-12-25(40-43)33(35,36)37)38-28-21(24)10-11-23(48-4)27(28)34/h5-6,10-12,14,16,19-20,22H,1-2,7-9,13,15,17-18H2,3-4H3,(H,39,47)(H,45,46)/t19-,20+,22+,32-/m1/s1. The number of hydrogen-bond donors (Lipinski definition) is 2. The molecule has 4 atom stereocenters. The second-order valence-electron chi connectivity index (χ2n) is 12.0. The first-order valence-electron chi connectivity index (χ1n) is 15.5. The van der Waals surface area contributed by atoms with Crippen molar-refractivity contribution in [2.45, 2.75) is 56.0 Å². The average Bonchev–Trinajstić information content (AvgIpc) is 3.36. The van der Waals surface area contributed by atoms with E-state index in [1.54, 1.807) is 25.3 Å². The Balaban J connectivity index is 1.48. The van der Waals surface area contributed by atoms with Crippen LogP contribution >= 0.6 is 11.6 Å². The molecule has 0 bridgehead atoms. The van der Waals surface area contributed by atoms with E-state index < -0.39 is 47.5 Å². The van der Waals surface area contributed by atoms with Crippen molar-refractivity contribution in [3.05, 3.63) is 66.5 Å². The number of rotatable bonds is 13. The van der Waals surface area contributed by atoms with Gasteiger partial charge in [-0.25, -0.2) is 19.3 Å². The SMILES string of the molecule is C=CCCCCN(C)C(=O)[C@@H]1C[C@H](Oc2cc(-n3ccc(C(F)(F)F)n3)nc3c(Cl)c(OC)ccc23)CN1C(=O)N[C@]1(C(=O)O)C[C@H]1C=C. The number of pyridine rings is 1. The number of aromatic nitrogens is 3. The number of carbonyl (C=O) groups is 3. The van der Waals surface area contributed by atoms with Gasteiger partial charge in [-0.3, -0.25) is 4.79 Å². The largest absolute Gasteiger partial charge is 0.495 e. The fourth-order valence-electron chi connectivity index (χ4n) is 5.97. The number of likely N-dealkylation sites (tertiary alicyclic amines) is 1. The number of carboxylic acids is 1. The van der Waals surface area contributed by atoms with Crippen LogP contribution in [0.2, 0.25) is 5.02 Å². The Morgan fingerprint density at radius 2 is 1.98 bits per heavy atom. The number of fused-ring (bicyclic) bond motifs is 1. The Kier molecular flexibility index (Phi) is 10.1. The normalized spacial score (nSPS) is 21.7. The number of urea groups is 1. The van der Waals surface area contributed by atoms with Crippen molar-refractivity contribution in [3.63, 3.8) is 0 Å². The number of hydrogen-bond acceptors (Lipinski definition) is 7. The van der Waals surface area contributed by atoms with Gasteiger partial charge in [0.2, 0.25) is 5.91 Å². The molecule has 3 heterocycles. The quantitative estimate of drug-likeness (QED) is 0.176. The lowest BCUT2D eigenvalue weighted by Crippen LogP contribution is -2.55. The number of nitrogens with zero attached hydrogens (tertiary/aromatic N) is 5. The summed E-state index contributed by atoms with van der Waals surface area (Å²) in [7, 11) is 3.03. The number of nitrogens with one attached hydrogen (secondary N) is 1. The summed E-state index contributed by atoms with van der Waals surface area (Å²) in [6, 6.07) is 3.64. The highest BCUT2D eigenvalue weighted by atomic mass is 35.5. The molecule has 262 valence electrons. The van der Waals surface area contributed by atoms with Crippen LogP contribution in [-0.4, -0.2) is 92.5 Å². The molecule has 1 saturated heterocycles. The molecule has 0 radical (unpaired) electrons. The number of amides is 3.